The van der Waals surface area contributed by atoms with E-state index >= 15 is 0 Å². The van der Waals surface area contributed by atoms with Gasteiger partial charge in [-0.3, -0.25) is 19.3 Å². The molecular formula is C19H33N5O. The van der Waals surface area contributed by atoms with Crippen LogP contribution in [0.25, 0.3) is 0 Å². The molecule has 3 rings (SSSR count). The van der Waals surface area contributed by atoms with E-state index in [1.165, 1.54) is 36.9 Å². The number of aromatic nitrogens is 2. The van der Waals surface area contributed by atoms with Gasteiger partial charge in [0, 0.05) is 63.5 Å². The second kappa shape index (κ2) is 8.32. The zero-order valence-corrected chi connectivity index (χ0v) is 16.0. The van der Waals surface area contributed by atoms with E-state index in [0.29, 0.717) is 12.5 Å². The molecule has 0 spiro atoms. The largest absolute Gasteiger partial charge is 0.353 e. The van der Waals surface area contributed by atoms with Crippen molar-refractivity contribution in [3.63, 3.8) is 0 Å². The van der Waals surface area contributed by atoms with Crippen LogP contribution in [-0.2, 0) is 18.4 Å². The molecule has 2 fully saturated rings. The molecule has 1 amide bonds. The summed E-state index contributed by atoms with van der Waals surface area (Å²) in [4.78, 5) is 16.7. The molecule has 0 bridgehead atoms. The Morgan fingerprint density at radius 1 is 1.20 bits per heavy atom. The van der Waals surface area contributed by atoms with Crippen molar-refractivity contribution in [3.05, 3.63) is 17.5 Å². The lowest BCUT2D eigenvalue weighted by Gasteiger charge is -2.34. The van der Waals surface area contributed by atoms with Gasteiger partial charge in [-0.25, -0.2) is 0 Å². The topological polar surface area (TPSA) is 53.4 Å². The Balaban J connectivity index is 1.50. The first-order valence-corrected chi connectivity index (χ1v) is 9.77. The van der Waals surface area contributed by atoms with Crippen LogP contribution in [0, 0.1) is 0 Å². The highest BCUT2D eigenvalue weighted by Crippen LogP contribution is 2.35. The highest BCUT2D eigenvalue weighted by molar-refractivity contribution is 5.78. The van der Waals surface area contributed by atoms with Crippen molar-refractivity contribution >= 4 is 5.91 Å². The van der Waals surface area contributed by atoms with Crippen LogP contribution < -0.4 is 5.32 Å². The lowest BCUT2D eigenvalue weighted by molar-refractivity contribution is -0.123. The molecule has 1 aliphatic carbocycles. The number of rotatable bonds is 6. The lowest BCUT2D eigenvalue weighted by atomic mass is 10.00. The van der Waals surface area contributed by atoms with Gasteiger partial charge in [0.15, 0.2) is 0 Å². The van der Waals surface area contributed by atoms with Gasteiger partial charge in [-0.1, -0.05) is 12.8 Å². The quantitative estimate of drug-likeness (QED) is 0.851. The molecule has 0 unspecified atom stereocenters. The van der Waals surface area contributed by atoms with Crippen LogP contribution in [0.4, 0.5) is 0 Å². The molecule has 140 valence electrons. The normalized spacial score (nSPS) is 20.5. The molecule has 0 aromatic carbocycles. The first-order chi connectivity index (χ1) is 12.0. The van der Waals surface area contributed by atoms with E-state index in [-0.39, 0.29) is 11.9 Å². The van der Waals surface area contributed by atoms with Crippen LogP contribution in [0.3, 0.4) is 0 Å². The third-order valence-corrected chi connectivity index (χ3v) is 5.35. The van der Waals surface area contributed by atoms with E-state index in [9.17, 15) is 4.79 Å². The van der Waals surface area contributed by atoms with E-state index in [1.807, 2.05) is 25.6 Å². The predicted octanol–water partition coefficient (Wildman–Crippen LogP) is 1.72. The molecule has 1 aliphatic heterocycles. The zero-order valence-electron chi connectivity index (χ0n) is 16.0. The number of hydrogen-bond acceptors (Lipinski definition) is 4. The van der Waals surface area contributed by atoms with Gasteiger partial charge in [0.25, 0.3) is 0 Å². The minimum absolute atomic E-state index is 0.138. The molecular weight excluding hydrogens is 314 g/mol. The van der Waals surface area contributed by atoms with Crippen molar-refractivity contribution in [2.45, 2.75) is 58.0 Å². The molecule has 1 aromatic heterocycles. The van der Waals surface area contributed by atoms with Crippen molar-refractivity contribution < 1.29 is 4.79 Å². The maximum absolute atomic E-state index is 11.9. The Morgan fingerprint density at radius 3 is 2.48 bits per heavy atom. The van der Waals surface area contributed by atoms with Crippen LogP contribution in [0.15, 0.2) is 6.20 Å². The summed E-state index contributed by atoms with van der Waals surface area (Å²) in [6.45, 7) is 9.49. The molecule has 2 aliphatic rings. The second-order valence-corrected chi connectivity index (χ2v) is 7.97. The van der Waals surface area contributed by atoms with E-state index < -0.39 is 0 Å². The number of piperazine rings is 1. The minimum Gasteiger partial charge on any atom is -0.353 e. The van der Waals surface area contributed by atoms with Gasteiger partial charge in [-0.2, -0.15) is 5.10 Å². The maximum Gasteiger partial charge on any atom is 0.234 e. The Labute approximate surface area is 151 Å². The fraction of sp³-hybridized carbons (Fsp3) is 0.789. The van der Waals surface area contributed by atoms with Crippen LogP contribution >= 0.6 is 0 Å². The summed E-state index contributed by atoms with van der Waals surface area (Å²) >= 11 is 0. The van der Waals surface area contributed by atoms with Gasteiger partial charge in [-0.05, 0) is 26.7 Å². The number of amides is 1. The fourth-order valence-electron chi connectivity index (χ4n) is 4.14. The van der Waals surface area contributed by atoms with E-state index in [0.717, 1.165) is 32.7 Å². The SMILES string of the molecule is CC(C)NC(=O)CN1CCN(Cc2cn(C)nc2C2CCCC2)CC1. The third kappa shape index (κ3) is 5.05. The molecule has 6 heteroatoms. The van der Waals surface area contributed by atoms with Crippen LogP contribution in [-0.4, -0.2) is 64.3 Å². The van der Waals surface area contributed by atoms with Gasteiger partial charge in [0.05, 0.1) is 12.2 Å². The monoisotopic (exact) mass is 347 g/mol. The average Bonchev–Trinajstić information content (AvgIpc) is 3.18. The van der Waals surface area contributed by atoms with Crippen molar-refractivity contribution in [2.75, 3.05) is 32.7 Å². The predicted molar refractivity (Wildman–Crippen MR) is 99.4 cm³/mol. The molecule has 0 atom stereocenters. The average molecular weight is 348 g/mol. The first-order valence-electron chi connectivity index (χ1n) is 9.77. The first kappa shape index (κ1) is 18.4. The molecule has 1 saturated heterocycles. The fourth-order valence-corrected chi connectivity index (χ4v) is 4.14. The van der Waals surface area contributed by atoms with E-state index in [4.69, 9.17) is 5.10 Å². The lowest BCUT2D eigenvalue weighted by Crippen LogP contribution is -2.49. The highest BCUT2D eigenvalue weighted by Gasteiger charge is 2.25. The van der Waals surface area contributed by atoms with Gasteiger partial charge in [0.2, 0.25) is 5.91 Å². The molecule has 0 radical (unpaired) electrons. The molecule has 2 heterocycles. The highest BCUT2D eigenvalue weighted by atomic mass is 16.2. The Bertz CT molecular complexity index is 568. The number of aryl methyl sites for hydroxylation is 1. The van der Waals surface area contributed by atoms with Crippen LogP contribution in [0.5, 0.6) is 0 Å². The van der Waals surface area contributed by atoms with Gasteiger partial charge in [-0.15, -0.1) is 0 Å². The Hall–Kier alpha value is -1.40. The molecule has 1 N–H and O–H groups in total. The Morgan fingerprint density at radius 2 is 1.84 bits per heavy atom. The van der Waals surface area contributed by atoms with Gasteiger partial charge in [0.1, 0.15) is 0 Å². The number of nitrogens with zero attached hydrogens (tertiary/aromatic N) is 4. The summed E-state index contributed by atoms with van der Waals surface area (Å²) in [5, 5.41) is 7.74. The molecule has 25 heavy (non-hydrogen) atoms. The summed E-state index contributed by atoms with van der Waals surface area (Å²) < 4.78 is 1.98. The smallest absolute Gasteiger partial charge is 0.234 e. The number of nitrogens with one attached hydrogen (secondary N) is 1. The standard InChI is InChI=1S/C19H33N5O/c1-15(2)20-18(25)14-24-10-8-23(9-11-24)13-17-12-22(3)21-19(17)16-6-4-5-7-16/h12,15-16H,4-11,13-14H2,1-3H3,(H,20,25). The zero-order chi connectivity index (χ0) is 17.8. The van der Waals surface area contributed by atoms with Gasteiger partial charge >= 0.3 is 0 Å². The molecule has 6 nitrogen and oxygen atoms in total. The number of carbonyl (C=O) groups excluding carboxylic acids is 1. The summed E-state index contributed by atoms with van der Waals surface area (Å²) in [5.41, 5.74) is 2.74. The number of hydrogen-bond donors (Lipinski definition) is 1. The Kier molecular flexibility index (Phi) is 6.12. The summed E-state index contributed by atoms with van der Waals surface area (Å²) in [6, 6.07) is 0.216. The molecule has 1 saturated carbocycles. The van der Waals surface area contributed by atoms with Crippen molar-refractivity contribution in [3.8, 4) is 0 Å². The van der Waals surface area contributed by atoms with E-state index in [1.54, 1.807) is 0 Å². The van der Waals surface area contributed by atoms with Gasteiger partial charge < -0.3 is 5.32 Å². The maximum atomic E-state index is 11.9. The minimum atomic E-state index is 0.138. The summed E-state index contributed by atoms with van der Waals surface area (Å²) in [7, 11) is 2.03. The number of carbonyl (C=O) groups is 1. The summed E-state index contributed by atoms with van der Waals surface area (Å²) in [5.74, 6) is 0.802. The van der Waals surface area contributed by atoms with Crippen molar-refractivity contribution in [1.82, 2.24) is 24.9 Å². The van der Waals surface area contributed by atoms with Crippen LogP contribution in [0.2, 0.25) is 0 Å². The van der Waals surface area contributed by atoms with Crippen molar-refractivity contribution in [1.29, 1.82) is 0 Å². The third-order valence-electron chi connectivity index (χ3n) is 5.35. The summed E-state index contributed by atoms with van der Waals surface area (Å²) in [6.07, 6.45) is 7.48. The molecule has 1 aromatic rings. The van der Waals surface area contributed by atoms with Crippen molar-refractivity contribution in [2.24, 2.45) is 7.05 Å². The van der Waals surface area contributed by atoms with E-state index in [2.05, 4.69) is 21.3 Å². The van der Waals surface area contributed by atoms with Crippen LogP contribution in [0.1, 0.15) is 56.7 Å². The second-order valence-electron chi connectivity index (χ2n) is 7.97.